The van der Waals surface area contributed by atoms with E-state index in [0.29, 0.717) is 19.3 Å². The van der Waals surface area contributed by atoms with Gasteiger partial charge in [-0.05, 0) is 50.3 Å². The summed E-state index contributed by atoms with van der Waals surface area (Å²) in [5.74, 6) is -1.32. The maximum Gasteiger partial charge on any atom is 0.416 e. The Hall–Kier alpha value is -3.16. The molecule has 0 amide bonds. The summed E-state index contributed by atoms with van der Waals surface area (Å²) in [5.41, 5.74) is -0.862. The Labute approximate surface area is 223 Å². The van der Waals surface area contributed by atoms with E-state index in [4.69, 9.17) is 9.47 Å². The number of rotatable bonds is 15. The van der Waals surface area contributed by atoms with Crippen molar-refractivity contribution in [2.24, 2.45) is 11.8 Å². The predicted molar refractivity (Wildman–Crippen MR) is 132 cm³/mol. The minimum atomic E-state index is -4.51. The Balaban J connectivity index is 1.77. The number of aliphatic hydroxyl groups is 3. The van der Waals surface area contributed by atoms with Crippen molar-refractivity contribution in [3.8, 4) is 5.75 Å². The van der Waals surface area contributed by atoms with Gasteiger partial charge < -0.3 is 29.6 Å². The van der Waals surface area contributed by atoms with E-state index in [1.165, 1.54) is 25.1 Å². The molecule has 10 nitrogen and oxygen atoms in total. The average Bonchev–Trinajstić information content (AvgIpc) is 3.13. The van der Waals surface area contributed by atoms with Crippen molar-refractivity contribution in [1.29, 1.82) is 0 Å². The molecule has 218 valence electrons. The van der Waals surface area contributed by atoms with E-state index in [0.717, 1.165) is 12.1 Å². The molecule has 0 aliphatic heterocycles. The molecule has 3 N–H and O–H groups in total. The summed E-state index contributed by atoms with van der Waals surface area (Å²) in [6.07, 6.45) is 0.379. The number of allylic oxidation sites excluding steroid dienone is 2. The second-order valence-corrected chi connectivity index (χ2v) is 9.32. The minimum Gasteiger partial charge on any atom is -0.491 e. The van der Waals surface area contributed by atoms with Gasteiger partial charge >= 0.3 is 12.1 Å². The molecular weight excluding hydrogens is 527 g/mol. The first-order valence-corrected chi connectivity index (χ1v) is 12.5. The summed E-state index contributed by atoms with van der Waals surface area (Å²) in [6.45, 7) is 0.845. The molecule has 1 aliphatic carbocycles. The van der Waals surface area contributed by atoms with Gasteiger partial charge in [0.15, 0.2) is 0 Å². The number of aliphatic hydroxyl groups excluding tert-OH is 3. The zero-order chi connectivity index (χ0) is 29.0. The molecule has 13 heteroatoms. The lowest BCUT2D eigenvalue weighted by atomic mass is 9.89. The van der Waals surface area contributed by atoms with Crippen molar-refractivity contribution in [1.82, 2.24) is 0 Å². The smallest absolute Gasteiger partial charge is 0.416 e. The van der Waals surface area contributed by atoms with Crippen molar-refractivity contribution in [3.63, 3.8) is 0 Å². The molecule has 1 unspecified atom stereocenters. The third-order valence-corrected chi connectivity index (χ3v) is 6.13. The lowest BCUT2D eigenvalue weighted by molar-refractivity contribution is -0.759. The van der Waals surface area contributed by atoms with Crippen LogP contribution in [-0.4, -0.2) is 64.0 Å². The number of nitrogens with zero attached hydrogens (tertiary/aromatic N) is 1. The molecule has 0 aromatic heterocycles. The van der Waals surface area contributed by atoms with E-state index in [1.807, 2.05) is 12.2 Å². The zero-order valence-electron chi connectivity index (χ0n) is 21.4. The van der Waals surface area contributed by atoms with Crippen LogP contribution in [0.5, 0.6) is 5.75 Å². The molecule has 39 heavy (non-hydrogen) atoms. The van der Waals surface area contributed by atoms with Crippen LogP contribution in [0.15, 0.2) is 48.6 Å². The van der Waals surface area contributed by atoms with E-state index < -0.39 is 53.1 Å². The molecule has 0 saturated heterocycles. The monoisotopic (exact) mass is 561 g/mol. The van der Waals surface area contributed by atoms with E-state index >= 15 is 0 Å². The van der Waals surface area contributed by atoms with Crippen LogP contribution >= 0.6 is 0 Å². The number of halogens is 3. The van der Waals surface area contributed by atoms with Gasteiger partial charge in [0, 0.05) is 18.8 Å². The third-order valence-electron chi connectivity index (χ3n) is 6.13. The second-order valence-electron chi connectivity index (χ2n) is 9.32. The normalized spacial score (nSPS) is 23.2. The Bertz CT molecular complexity index is 986. The average molecular weight is 562 g/mol. The Morgan fingerprint density at radius 1 is 1.23 bits per heavy atom. The highest BCUT2D eigenvalue weighted by atomic mass is 19.4. The SMILES string of the molecule is CC(CO[N+](=O)[O-])OC(=O)CCCC=CC[C@@H]1[C@@H](C=C[C@@H](O)COc2cccc(C(F)(F)F)c2)[C@H](O)C[C@@H]1O. The number of alkyl halides is 3. The number of hydrogen-bond donors (Lipinski definition) is 3. The zero-order valence-corrected chi connectivity index (χ0v) is 21.4. The molecule has 0 heterocycles. The molecule has 0 spiro atoms. The Kier molecular flexibility index (Phi) is 12.7. The first kappa shape index (κ1) is 32.1. The second kappa shape index (κ2) is 15.4. The molecule has 1 aromatic carbocycles. The number of benzene rings is 1. The minimum absolute atomic E-state index is 0.0387. The fourth-order valence-electron chi connectivity index (χ4n) is 4.18. The Morgan fingerprint density at radius 2 is 1.97 bits per heavy atom. The van der Waals surface area contributed by atoms with Crippen LogP contribution in [0.4, 0.5) is 13.2 Å². The van der Waals surface area contributed by atoms with Crippen molar-refractivity contribution >= 4 is 5.97 Å². The number of esters is 1. The number of unbranched alkanes of at least 4 members (excludes halogenated alkanes) is 1. The summed E-state index contributed by atoms with van der Waals surface area (Å²) in [4.78, 5) is 26.1. The van der Waals surface area contributed by atoms with Gasteiger partial charge in [-0.1, -0.05) is 30.4 Å². The fraction of sp³-hybridized carbons (Fsp3) is 0.577. The molecule has 6 atom stereocenters. The lowest BCUT2D eigenvalue weighted by Gasteiger charge is -2.19. The maximum atomic E-state index is 12.8. The highest BCUT2D eigenvalue weighted by Crippen LogP contribution is 2.36. The lowest BCUT2D eigenvalue weighted by Crippen LogP contribution is -2.21. The molecule has 0 radical (unpaired) electrons. The van der Waals surface area contributed by atoms with Gasteiger partial charge in [0.2, 0.25) is 0 Å². The van der Waals surface area contributed by atoms with Gasteiger partial charge in [0.05, 0.1) is 17.8 Å². The Morgan fingerprint density at radius 3 is 2.67 bits per heavy atom. The van der Waals surface area contributed by atoms with E-state index in [-0.39, 0.29) is 37.7 Å². The largest absolute Gasteiger partial charge is 0.491 e. The number of carbonyl (C=O) groups excluding carboxylic acids is 1. The van der Waals surface area contributed by atoms with Crippen molar-refractivity contribution in [3.05, 3.63) is 64.2 Å². The number of ether oxygens (including phenoxy) is 2. The molecule has 1 aromatic rings. The topological polar surface area (TPSA) is 149 Å². The first-order chi connectivity index (χ1) is 18.4. The van der Waals surface area contributed by atoms with Crippen LogP contribution in [-0.2, 0) is 20.5 Å². The molecule has 1 saturated carbocycles. The number of carbonyl (C=O) groups is 1. The summed E-state index contributed by atoms with van der Waals surface area (Å²) >= 11 is 0. The van der Waals surface area contributed by atoms with Crippen LogP contribution in [0.3, 0.4) is 0 Å². The van der Waals surface area contributed by atoms with Crippen LogP contribution < -0.4 is 4.74 Å². The molecule has 2 rings (SSSR count). The van der Waals surface area contributed by atoms with Crippen LogP contribution in [0, 0.1) is 22.0 Å². The summed E-state index contributed by atoms with van der Waals surface area (Å²) < 4.78 is 48.7. The van der Waals surface area contributed by atoms with Gasteiger partial charge in [0.25, 0.3) is 5.09 Å². The summed E-state index contributed by atoms with van der Waals surface area (Å²) in [6, 6.07) is 4.32. The highest BCUT2D eigenvalue weighted by molar-refractivity contribution is 5.69. The number of hydrogen-bond acceptors (Lipinski definition) is 9. The van der Waals surface area contributed by atoms with Gasteiger partial charge in [0.1, 0.15) is 31.2 Å². The first-order valence-electron chi connectivity index (χ1n) is 12.5. The van der Waals surface area contributed by atoms with E-state index in [2.05, 4.69) is 4.84 Å². The van der Waals surface area contributed by atoms with Gasteiger partial charge in [-0.15, -0.1) is 10.1 Å². The van der Waals surface area contributed by atoms with Crippen LogP contribution in [0.2, 0.25) is 0 Å². The van der Waals surface area contributed by atoms with Gasteiger partial charge in [-0.25, -0.2) is 0 Å². The summed E-state index contributed by atoms with van der Waals surface area (Å²) in [5, 5.41) is 40.1. The van der Waals surface area contributed by atoms with E-state index in [9.17, 15) is 43.4 Å². The quantitative estimate of drug-likeness (QED) is 0.0960. The van der Waals surface area contributed by atoms with Crippen LogP contribution in [0.25, 0.3) is 0 Å². The molecular formula is C26H34F3NO9. The maximum absolute atomic E-state index is 12.8. The van der Waals surface area contributed by atoms with Crippen molar-refractivity contribution in [2.75, 3.05) is 13.2 Å². The van der Waals surface area contributed by atoms with Gasteiger partial charge in [-0.2, -0.15) is 13.2 Å². The van der Waals surface area contributed by atoms with Crippen molar-refractivity contribution < 1.29 is 52.7 Å². The third kappa shape index (κ3) is 11.6. The van der Waals surface area contributed by atoms with Gasteiger partial charge in [-0.3, -0.25) is 4.79 Å². The predicted octanol–water partition coefficient (Wildman–Crippen LogP) is 3.62. The van der Waals surface area contributed by atoms with Crippen LogP contribution in [0.1, 0.15) is 44.6 Å². The summed E-state index contributed by atoms with van der Waals surface area (Å²) in [7, 11) is 0. The molecule has 0 bridgehead atoms. The van der Waals surface area contributed by atoms with E-state index in [1.54, 1.807) is 6.08 Å². The standard InChI is InChI=1S/C26H34F3NO9/c1-17(15-38-30(35)36)39-25(34)10-5-3-2-4-9-21-22(24(33)14-23(21)32)12-11-19(31)16-37-20-8-6-7-18(13-20)26(27,28)29/h2,4,6-8,11-13,17,19,21-24,31-33H,3,5,9-10,14-16H2,1H3/t17?,19-,21-,22-,23+,24-/m1/s1. The van der Waals surface area contributed by atoms with Crippen molar-refractivity contribution in [2.45, 2.75) is 69.6 Å². The molecule has 1 aliphatic rings. The highest BCUT2D eigenvalue weighted by Gasteiger charge is 2.39. The molecule has 1 fully saturated rings. The fourth-order valence-corrected chi connectivity index (χ4v) is 4.18.